The van der Waals surface area contributed by atoms with Crippen molar-refractivity contribution in [3.63, 3.8) is 0 Å². The summed E-state index contributed by atoms with van der Waals surface area (Å²) in [7, 11) is 1.62. The van der Waals surface area contributed by atoms with E-state index in [-0.39, 0.29) is 28.0 Å². The van der Waals surface area contributed by atoms with Gasteiger partial charge in [0.15, 0.2) is 0 Å². The van der Waals surface area contributed by atoms with Crippen LogP contribution in [0.15, 0.2) is 52.3 Å². The quantitative estimate of drug-likeness (QED) is 0.357. The number of nitrogens with zero attached hydrogens (tertiary/aromatic N) is 1. The second-order valence-electron chi connectivity index (χ2n) is 10.1. The van der Waals surface area contributed by atoms with Gasteiger partial charge in [-0.25, -0.2) is 0 Å². The van der Waals surface area contributed by atoms with Crippen molar-refractivity contribution in [2.45, 2.75) is 48.2 Å². The molecule has 2 aliphatic carbocycles. The lowest BCUT2D eigenvalue weighted by Gasteiger charge is -2.40. The van der Waals surface area contributed by atoms with E-state index >= 15 is 0 Å². The Morgan fingerprint density at radius 3 is 2.61 bits per heavy atom. The highest BCUT2D eigenvalue weighted by molar-refractivity contribution is 8.00. The molecule has 3 aliphatic rings. The minimum absolute atomic E-state index is 0.00943. The number of hydrogen-bond donors (Lipinski definition) is 1. The Morgan fingerprint density at radius 1 is 1.16 bits per heavy atom. The van der Waals surface area contributed by atoms with Crippen LogP contribution >= 0.6 is 34.7 Å². The summed E-state index contributed by atoms with van der Waals surface area (Å²) in [6, 6.07) is 10.8. The third-order valence-electron chi connectivity index (χ3n) is 8.04. The second kappa shape index (κ2) is 9.64. The fraction of sp³-hybridized carbons (Fsp3) is 0.407. The van der Waals surface area contributed by atoms with Crippen molar-refractivity contribution in [1.29, 1.82) is 0 Å². The summed E-state index contributed by atoms with van der Waals surface area (Å²) >= 11 is 8.92. The topological polar surface area (TPSA) is 60.3 Å². The fourth-order valence-electron chi connectivity index (χ4n) is 6.40. The average Bonchev–Trinajstić information content (AvgIpc) is 3.58. The summed E-state index contributed by atoms with van der Waals surface area (Å²) in [6.07, 6.45) is -1.02. The predicted octanol–water partition coefficient (Wildman–Crippen LogP) is 6.88. The molecule has 3 aromatic rings. The summed E-state index contributed by atoms with van der Waals surface area (Å²) in [6.45, 7) is -0.301. The third-order valence-corrected chi connectivity index (χ3v) is 11.2. The van der Waals surface area contributed by atoms with Crippen LogP contribution in [0.3, 0.4) is 0 Å². The number of benzene rings is 2. The first-order valence-electron chi connectivity index (χ1n) is 12.3. The molecule has 0 radical (unpaired) electrons. The molecule has 1 aromatic heterocycles. The van der Waals surface area contributed by atoms with Crippen LogP contribution < -0.4 is 14.9 Å². The van der Waals surface area contributed by atoms with Gasteiger partial charge in [0.1, 0.15) is 12.3 Å². The molecule has 2 heterocycles. The van der Waals surface area contributed by atoms with Crippen LogP contribution in [-0.4, -0.2) is 22.8 Å². The molecule has 11 heteroatoms. The number of carbonyl (C=O) groups excluding carboxylic acids is 1. The zero-order chi connectivity index (χ0) is 26.8. The van der Waals surface area contributed by atoms with E-state index < -0.39 is 17.6 Å². The first kappa shape index (κ1) is 25.8. The van der Waals surface area contributed by atoms with Gasteiger partial charge in [0.2, 0.25) is 5.91 Å². The minimum atomic E-state index is -4.57. The van der Waals surface area contributed by atoms with Crippen LogP contribution in [0.2, 0.25) is 5.02 Å². The highest BCUT2D eigenvalue weighted by Gasteiger charge is 2.55. The number of fused-ring (bicyclic) bond motifs is 6. The number of nitrogens with one attached hydrogen (secondary N) is 1. The number of methoxy groups -OCH3 is 1. The van der Waals surface area contributed by atoms with Crippen molar-refractivity contribution in [3.8, 4) is 5.75 Å². The number of halogens is 4. The maximum atomic E-state index is 13.2. The van der Waals surface area contributed by atoms with Crippen molar-refractivity contribution < 1.29 is 22.7 Å². The summed E-state index contributed by atoms with van der Waals surface area (Å²) in [5, 5.41) is 3.61. The standard InChI is InChI=1S/C27H24ClF3N2O3S2/c1-36-17-7-4-13(5-8-17)21-22-14-2-3-15(10-14)23(22)37-25-24(21)38-26(35)33(25)12-20(34)32-19-11-16(27(29,30)31)6-9-18(19)28/h4-9,11,14-15,21-23H,2-3,10,12H2,1H3,(H,32,34)/t14-,15-,21-,22-,23+/m1/s1. The molecule has 2 fully saturated rings. The van der Waals surface area contributed by atoms with Crippen molar-refractivity contribution in [1.82, 2.24) is 4.57 Å². The second-order valence-corrected chi connectivity index (χ2v) is 12.7. The van der Waals surface area contributed by atoms with E-state index in [1.54, 1.807) is 18.9 Å². The van der Waals surface area contributed by atoms with Crippen molar-refractivity contribution in [2.24, 2.45) is 17.8 Å². The fourth-order valence-corrected chi connectivity index (χ4v) is 9.72. The summed E-state index contributed by atoms with van der Waals surface area (Å²) in [5.74, 6) is 1.81. The normalized spacial score (nSPS) is 25.7. The van der Waals surface area contributed by atoms with Gasteiger partial charge in [-0.05, 0) is 72.9 Å². The molecule has 5 nitrogen and oxygen atoms in total. The molecule has 6 rings (SSSR count). The molecule has 1 N–H and O–H groups in total. The first-order chi connectivity index (χ1) is 18.1. The summed E-state index contributed by atoms with van der Waals surface area (Å²) in [4.78, 5) is 26.9. The van der Waals surface area contributed by atoms with Gasteiger partial charge in [-0.2, -0.15) is 13.2 Å². The van der Waals surface area contributed by atoms with E-state index in [0.29, 0.717) is 23.0 Å². The van der Waals surface area contributed by atoms with Crippen molar-refractivity contribution >= 4 is 46.3 Å². The van der Waals surface area contributed by atoms with Gasteiger partial charge in [-0.3, -0.25) is 14.2 Å². The number of carbonyl (C=O) groups is 1. The van der Waals surface area contributed by atoms with Crippen LogP contribution in [0.25, 0.3) is 0 Å². The van der Waals surface area contributed by atoms with Gasteiger partial charge in [0.05, 0.1) is 28.4 Å². The van der Waals surface area contributed by atoms with Gasteiger partial charge in [0, 0.05) is 16.0 Å². The monoisotopic (exact) mass is 580 g/mol. The smallest absolute Gasteiger partial charge is 0.416 e. The van der Waals surface area contributed by atoms with Crippen molar-refractivity contribution in [2.75, 3.05) is 12.4 Å². The van der Waals surface area contributed by atoms with Crippen LogP contribution in [0.1, 0.15) is 41.2 Å². The van der Waals surface area contributed by atoms with Crippen LogP contribution in [-0.2, 0) is 17.5 Å². The zero-order valence-corrected chi connectivity index (χ0v) is 22.6. The Bertz CT molecular complexity index is 1450. The molecule has 2 aromatic carbocycles. The van der Waals surface area contributed by atoms with Gasteiger partial charge in [-0.15, -0.1) is 11.8 Å². The van der Waals surface area contributed by atoms with E-state index in [1.165, 1.54) is 23.8 Å². The van der Waals surface area contributed by atoms with Crippen LogP contribution in [0, 0.1) is 17.8 Å². The Balaban J connectivity index is 1.33. The number of amides is 1. The maximum Gasteiger partial charge on any atom is 0.416 e. The lowest BCUT2D eigenvalue weighted by Crippen LogP contribution is -2.34. The lowest BCUT2D eigenvalue weighted by atomic mass is 9.75. The van der Waals surface area contributed by atoms with Crippen LogP contribution in [0.4, 0.5) is 18.9 Å². The van der Waals surface area contributed by atoms with Crippen molar-refractivity contribution in [3.05, 3.63) is 73.2 Å². The van der Waals surface area contributed by atoms with Gasteiger partial charge in [-0.1, -0.05) is 35.1 Å². The predicted molar refractivity (Wildman–Crippen MR) is 142 cm³/mol. The Kier molecular flexibility index (Phi) is 6.55. The molecular formula is C27H24ClF3N2O3S2. The number of aromatic nitrogens is 1. The largest absolute Gasteiger partial charge is 0.497 e. The van der Waals surface area contributed by atoms with Gasteiger partial charge < -0.3 is 10.1 Å². The molecule has 2 bridgehead atoms. The summed E-state index contributed by atoms with van der Waals surface area (Å²) < 4.78 is 46.3. The number of thiazole rings is 1. The Morgan fingerprint density at radius 2 is 1.89 bits per heavy atom. The average molecular weight is 581 g/mol. The number of ether oxygens (including phenoxy) is 1. The first-order valence-corrected chi connectivity index (χ1v) is 14.4. The third kappa shape index (κ3) is 4.44. The molecule has 0 unspecified atom stereocenters. The molecule has 2 saturated carbocycles. The molecule has 0 saturated heterocycles. The van der Waals surface area contributed by atoms with Crippen LogP contribution in [0.5, 0.6) is 5.75 Å². The van der Waals surface area contributed by atoms with E-state index in [9.17, 15) is 22.8 Å². The zero-order valence-electron chi connectivity index (χ0n) is 20.3. The molecule has 38 heavy (non-hydrogen) atoms. The summed E-state index contributed by atoms with van der Waals surface area (Å²) in [5.41, 5.74) is 0.0755. The van der Waals surface area contributed by atoms with E-state index in [4.69, 9.17) is 16.3 Å². The lowest BCUT2D eigenvalue weighted by molar-refractivity contribution is -0.137. The van der Waals surface area contributed by atoms with Gasteiger partial charge >= 0.3 is 11.0 Å². The number of alkyl halides is 3. The highest BCUT2D eigenvalue weighted by atomic mass is 35.5. The highest BCUT2D eigenvalue weighted by Crippen LogP contribution is 2.64. The Hall–Kier alpha value is -2.43. The van der Waals surface area contributed by atoms with Gasteiger partial charge in [0.25, 0.3) is 0 Å². The molecule has 1 aliphatic heterocycles. The SMILES string of the molecule is COc1ccc([C@H]2c3sc(=O)n(CC(=O)Nc4cc(C(F)(F)F)ccc4Cl)c3S[C@H]3[C@@H]4CC[C@H](C4)[C@H]23)cc1. The molecule has 5 atom stereocenters. The van der Waals surface area contributed by atoms with E-state index in [1.807, 2.05) is 12.1 Å². The maximum absolute atomic E-state index is 13.2. The molecule has 0 spiro atoms. The molecule has 200 valence electrons. The number of rotatable bonds is 5. The Labute approximate surface area is 230 Å². The number of thioether (sulfide) groups is 1. The number of anilines is 1. The molecular weight excluding hydrogens is 557 g/mol. The molecule has 1 amide bonds. The van der Waals surface area contributed by atoms with E-state index in [0.717, 1.165) is 50.8 Å². The minimum Gasteiger partial charge on any atom is -0.497 e. The number of hydrogen-bond acceptors (Lipinski definition) is 5. The van der Waals surface area contributed by atoms with E-state index in [2.05, 4.69) is 17.4 Å².